The van der Waals surface area contributed by atoms with Crippen molar-refractivity contribution in [2.24, 2.45) is 0 Å². The second-order valence-electron chi connectivity index (χ2n) is 3.78. The van der Waals surface area contributed by atoms with Crippen LogP contribution in [0, 0.1) is 7.14 Å². The third kappa shape index (κ3) is 3.70. The molecule has 0 spiro atoms. The molecule has 2 aromatic rings. The summed E-state index contributed by atoms with van der Waals surface area (Å²) >= 11 is -0.503. The Hall–Kier alpha value is -1.56. The quantitative estimate of drug-likeness (QED) is 0.595. The minimum absolute atomic E-state index is 0.240. The van der Waals surface area contributed by atoms with Gasteiger partial charge in [-0.15, -0.1) is 0 Å². The lowest BCUT2D eigenvalue weighted by Crippen LogP contribution is -3.61. The Morgan fingerprint density at radius 3 is 2.63 bits per heavy atom. The van der Waals surface area contributed by atoms with Gasteiger partial charge < -0.3 is 9.84 Å². The summed E-state index contributed by atoms with van der Waals surface area (Å²) in [4.78, 5) is 11.7. The van der Waals surface area contributed by atoms with Crippen molar-refractivity contribution in [2.45, 2.75) is 6.92 Å². The number of hydrogen-bond donors (Lipinski definition) is 1. The van der Waals surface area contributed by atoms with Crippen LogP contribution < -0.4 is 21.2 Å². The Morgan fingerprint density at radius 2 is 1.95 bits per heavy atom. The summed E-state index contributed by atoms with van der Waals surface area (Å²) in [7, 11) is 0. The number of phenols is 1. The number of carbonyl (C=O) groups is 1. The molecular weight excluding hydrogens is 355 g/mol. The molecule has 4 heteroatoms. The molecule has 3 nitrogen and oxygen atoms in total. The van der Waals surface area contributed by atoms with Gasteiger partial charge in [0, 0.05) is 6.07 Å². The lowest BCUT2D eigenvalue weighted by molar-refractivity contribution is -0.598. The van der Waals surface area contributed by atoms with Crippen molar-refractivity contribution < 1.29 is 35.8 Å². The monoisotopic (exact) mass is 369 g/mol. The van der Waals surface area contributed by atoms with E-state index in [4.69, 9.17) is 4.74 Å². The van der Waals surface area contributed by atoms with Crippen LogP contribution in [0.25, 0.3) is 0 Å². The Labute approximate surface area is 122 Å². The number of halogens is 1. The van der Waals surface area contributed by atoms with E-state index in [1.54, 1.807) is 25.1 Å². The smallest absolute Gasteiger partial charge is 0.362 e. The highest BCUT2D eigenvalue weighted by molar-refractivity contribution is 5.89. The molecule has 0 amide bonds. The lowest BCUT2D eigenvalue weighted by Gasteiger charge is -2.01. The van der Waals surface area contributed by atoms with Crippen molar-refractivity contribution in [1.82, 2.24) is 0 Å². The number of benzene rings is 2. The second-order valence-corrected chi connectivity index (χ2v) is 6.72. The summed E-state index contributed by atoms with van der Waals surface area (Å²) in [5.41, 5.74) is 0.491. The van der Waals surface area contributed by atoms with E-state index in [0.29, 0.717) is 12.2 Å². The first-order chi connectivity index (χ1) is 9.20. The fourth-order valence-electron chi connectivity index (χ4n) is 1.52. The van der Waals surface area contributed by atoms with Crippen LogP contribution >= 0.6 is 0 Å². The van der Waals surface area contributed by atoms with Crippen LogP contribution in [0.3, 0.4) is 0 Å². The summed E-state index contributed by atoms with van der Waals surface area (Å²) in [5, 5.41) is 9.88. The van der Waals surface area contributed by atoms with E-state index in [0.717, 1.165) is 3.57 Å². The van der Waals surface area contributed by atoms with Crippen molar-refractivity contribution in [3.05, 3.63) is 61.2 Å². The van der Waals surface area contributed by atoms with E-state index in [-0.39, 0.29) is 11.7 Å². The zero-order chi connectivity index (χ0) is 13.7. The molecule has 0 saturated carbocycles. The van der Waals surface area contributed by atoms with Crippen molar-refractivity contribution in [1.29, 1.82) is 0 Å². The summed E-state index contributed by atoms with van der Waals surface area (Å²) in [5.74, 6) is -0.106. The lowest BCUT2D eigenvalue weighted by atomic mass is 10.2. The maximum atomic E-state index is 11.7. The van der Waals surface area contributed by atoms with E-state index in [9.17, 15) is 9.90 Å². The molecule has 0 fully saturated rings. The average Bonchev–Trinajstić information content (AvgIpc) is 2.42. The first-order valence-electron chi connectivity index (χ1n) is 5.90. The number of rotatable bonds is 4. The Morgan fingerprint density at radius 1 is 1.21 bits per heavy atom. The average molecular weight is 369 g/mol. The van der Waals surface area contributed by atoms with Crippen LogP contribution in [-0.2, 0) is 4.74 Å². The molecule has 2 rings (SSSR count). The van der Waals surface area contributed by atoms with Crippen LogP contribution in [0.1, 0.15) is 17.3 Å². The van der Waals surface area contributed by atoms with Crippen molar-refractivity contribution >= 4 is 5.97 Å². The molecule has 1 N–H and O–H groups in total. The first kappa shape index (κ1) is 13.9. The molecule has 2 aromatic carbocycles. The molecular formula is C15H14IO3+. The number of phenolic OH excluding ortho intramolecular Hbond substituents is 1. The zero-order valence-electron chi connectivity index (χ0n) is 10.5. The Kier molecular flexibility index (Phi) is 4.79. The number of hydrogen-bond acceptors (Lipinski definition) is 3. The Bertz CT molecular complexity index is 567. The molecule has 98 valence electrons. The molecule has 0 aliphatic rings. The summed E-state index contributed by atoms with van der Waals surface area (Å²) < 4.78 is 6.99. The van der Waals surface area contributed by atoms with E-state index in [2.05, 4.69) is 0 Å². The van der Waals surface area contributed by atoms with E-state index in [1.807, 2.05) is 30.3 Å². The first-order valence-corrected chi connectivity index (χ1v) is 8.06. The van der Waals surface area contributed by atoms with Gasteiger partial charge in [0.15, 0.2) is 9.32 Å². The third-order valence-electron chi connectivity index (χ3n) is 2.40. The number of carbonyl (C=O) groups excluding carboxylic acids is 1. The van der Waals surface area contributed by atoms with Gasteiger partial charge in [0.05, 0.1) is 12.2 Å². The van der Waals surface area contributed by atoms with E-state index >= 15 is 0 Å². The molecule has 0 heterocycles. The van der Waals surface area contributed by atoms with Crippen molar-refractivity contribution in [3.8, 4) is 5.75 Å². The van der Waals surface area contributed by atoms with Crippen LogP contribution in [-0.4, -0.2) is 17.7 Å². The van der Waals surface area contributed by atoms with Gasteiger partial charge in [-0.2, -0.15) is 0 Å². The normalized spacial score (nSPS) is 10.2. The highest BCUT2D eigenvalue weighted by Gasteiger charge is 2.22. The van der Waals surface area contributed by atoms with Gasteiger partial charge in [-0.05, 0) is 31.2 Å². The molecule has 0 aromatic heterocycles. The van der Waals surface area contributed by atoms with Crippen LogP contribution in [0.4, 0.5) is 0 Å². The minimum atomic E-state index is -0.503. The van der Waals surface area contributed by atoms with Crippen LogP contribution in [0.15, 0.2) is 48.5 Å². The fourth-order valence-corrected chi connectivity index (χ4v) is 3.91. The van der Waals surface area contributed by atoms with Gasteiger partial charge in [0.25, 0.3) is 0 Å². The number of aromatic hydroxyl groups is 1. The van der Waals surface area contributed by atoms with E-state index < -0.39 is 21.2 Å². The highest BCUT2D eigenvalue weighted by atomic mass is 127. The molecule has 0 radical (unpaired) electrons. The van der Waals surface area contributed by atoms with Gasteiger partial charge in [-0.25, -0.2) is 4.79 Å². The van der Waals surface area contributed by atoms with Gasteiger partial charge in [0.1, 0.15) is 0 Å². The second kappa shape index (κ2) is 6.56. The van der Waals surface area contributed by atoms with Gasteiger partial charge in [-0.3, -0.25) is 0 Å². The molecule has 0 bridgehead atoms. The summed E-state index contributed by atoms with van der Waals surface area (Å²) in [6, 6.07) is 14.8. The summed E-state index contributed by atoms with van der Waals surface area (Å²) in [6.45, 7) is 2.12. The maximum Gasteiger partial charge on any atom is 0.362 e. The predicted molar refractivity (Wildman–Crippen MR) is 67.9 cm³/mol. The van der Waals surface area contributed by atoms with Gasteiger partial charge in [-0.1, -0.05) is 18.2 Å². The molecule has 0 atom stereocenters. The van der Waals surface area contributed by atoms with Gasteiger partial charge in [0.2, 0.25) is 3.57 Å². The molecule has 0 saturated heterocycles. The standard InChI is InChI=1S/C15H13IO3/c1-2-19-15(18)11-8-9-14(17)13(10-11)16-12-6-4-3-5-7-12/h3-10H,2H2,1H3/p+1. The van der Waals surface area contributed by atoms with Crippen molar-refractivity contribution in [2.75, 3.05) is 6.61 Å². The topological polar surface area (TPSA) is 46.5 Å². The predicted octanol–water partition coefficient (Wildman–Crippen LogP) is -0.303. The third-order valence-corrected chi connectivity index (χ3v) is 5.19. The van der Waals surface area contributed by atoms with E-state index in [1.165, 1.54) is 3.57 Å². The molecule has 0 unspecified atom stereocenters. The number of esters is 1. The largest absolute Gasteiger partial charge is 0.504 e. The molecule has 19 heavy (non-hydrogen) atoms. The SMILES string of the molecule is CCOC(=O)c1ccc(O)c([I+]c2ccccc2)c1. The van der Waals surface area contributed by atoms with Crippen molar-refractivity contribution in [3.63, 3.8) is 0 Å². The highest BCUT2D eigenvalue weighted by Crippen LogP contribution is 2.11. The Balaban J connectivity index is 2.25. The molecule has 0 aliphatic carbocycles. The van der Waals surface area contributed by atoms with Crippen LogP contribution in [0.2, 0.25) is 0 Å². The van der Waals surface area contributed by atoms with Gasteiger partial charge >= 0.3 is 27.2 Å². The fraction of sp³-hybridized carbons (Fsp3) is 0.133. The maximum absolute atomic E-state index is 11.7. The number of ether oxygens (including phenoxy) is 1. The van der Waals surface area contributed by atoms with Crippen LogP contribution in [0.5, 0.6) is 5.75 Å². The molecule has 0 aliphatic heterocycles. The zero-order valence-corrected chi connectivity index (χ0v) is 12.6. The summed E-state index contributed by atoms with van der Waals surface area (Å²) in [6.07, 6.45) is 0. The minimum Gasteiger partial charge on any atom is -0.504 e.